The highest BCUT2D eigenvalue weighted by Gasteiger charge is 2.50. The highest BCUT2D eigenvalue weighted by atomic mass is 32.2. The predicted molar refractivity (Wildman–Crippen MR) is 101 cm³/mol. The summed E-state index contributed by atoms with van der Waals surface area (Å²) in [4.78, 5) is 38.2. The van der Waals surface area contributed by atoms with Gasteiger partial charge in [0.05, 0.1) is 12.9 Å². The maximum atomic E-state index is 12.8. The Labute approximate surface area is 161 Å². The molecule has 1 aliphatic rings. The summed E-state index contributed by atoms with van der Waals surface area (Å²) < 4.78 is 5.18. The normalized spacial score (nSPS) is 19.0. The van der Waals surface area contributed by atoms with Crippen LogP contribution in [-0.4, -0.2) is 35.7 Å². The first kappa shape index (κ1) is 18.8. The lowest BCUT2D eigenvalue weighted by molar-refractivity contribution is -0.138. The third kappa shape index (κ3) is 3.90. The number of amides is 4. The summed E-state index contributed by atoms with van der Waals surface area (Å²) in [5, 5.41) is 3.37. The highest BCUT2D eigenvalue weighted by Crippen LogP contribution is 2.30. The van der Waals surface area contributed by atoms with Crippen LogP contribution in [0.15, 0.2) is 59.5 Å². The first-order valence-electron chi connectivity index (χ1n) is 8.22. The quantitative estimate of drug-likeness (QED) is 0.588. The van der Waals surface area contributed by atoms with Crippen LogP contribution in [0.5, 0.6) is 5.75 Å². The second kappa shape index (κ2) is 7.71. The fourth-order valence-corrected chi connectivity index (χ4v) is 3.40. The van der Waals surface area contributed by atoms with E-state index in [2.05, 4.69) is 10.7 Å². The zero-order valence-corrected chi connectivity index (χ0v) is 15.7. The number of rotatable bonds is 6. The molecule has 0 aromatic heterocycles. The van der Waals surface area contributed by atoms with Crippen molar-refractivity contribution < 1.29 is 19.1 Å². The zero-order chi connectivity index (χ0) is 19.4. The van der Waals surface area contributed by atoms with E-state index in [4.69, 9.17) is 4.74 Å². The van der Waals surface area contributed by atoms with Gasteiger partial charge in [-0.25, -0.2) is 4.79 Å². The van der Waals surface area contributed by atoms with Gasteiger partial charge in [0.15, 0.2) is 0 Å². The third-order valence-electron chi connectivity index (χ3n) is 4.19. The van der Waals surface area contributed by atoms with E-state index in [0.29, 0.717) is 11.3 Å². The monoisotopic (exact) mass is 385 g/mol. The average Bonchev–Trinajstić information content (AvgIpc) is 2.91. The van der Waals surface area contributed by atoms with E-state index in [9.17, 15) is 14.4 Å². The molecule has 1 heterocycles. The predicted octanol–water partition coefficient (Wildman–Crippen LogP) is 2.29. The van der Waals surface area contributed by atoms with Gasteiger partial charge in [-0.05, 0) is 36.8 Å². The molecular formula is C19H19N3O4S. The Balaban J connectivity index is 1.69. The van der Waals surface area contributed by atoms with E-state index in [-0.39, 0.29) is 5.75 Å². The Morgan fingerprint density at radius 2 is 1.93 bits per heavy atom. The van der Waals surface area contributed by atoms with Crippen LogP contribution in [0.3, 0.4) is 0 Å². The summed E-state index contributed by atoms with van der Waals surface area (Å²) in [5.41, 5.74) is 1.66. The molecule has 3 rings (SSSR count). The van der Waals surface area contributed by atoms with E-state index in [1.807, 2.05) is 30.3 Å². The van der Waals surface area contributed by atoms with Crippen LogP contribution >= 0.6 is 11.8 Å². The SMILES string of the molecule is COc1cccc([C@@]2(C)NC(=O)N(NC(=O)CSc3ccccc3)C2=O)c1. The van der Waals surface area contributed by atoms with Crippen LogP contribution in [0.4, 0.5) is 4.79 Å². The molecule has 0 spiro atoms. The lowest BCUT2D eigenvalue weighted by Gasteiger charge is -2.22. The standard InChI is InChI=1S/C19H19N3O4S/c1-19(13-7-6-8-14(11-13)26-2)17(24)22(18(25)20-19)21-16(23)12-27-15-9-4-3-5-10-15/h3-11H,12H2,1-2H3,(H,20,25)(H,21,23)/t19-/m1/s1. The molecule has 7 nitrogen and oxygen atoms in total. The van der Waals surface area contributed by atoms with Crippen molar-refractivity contribution in [1.82, 2.24) is 15.8 Å². The summed E-state index contributed by atoms with van der Waals surface area (Å²) in [6, 6.07) is 15.6. The van der Waals surface area contributed by atoms with E-state index >= 15 is 0 Å². The Bertz CT molecular complexity index is 874. The highest BCUT2D eigenvalue weighted by molar-refractivity contribution is 8.00. The van der Waals surface area contributed by atoms with Crippen molar-refractivity contribution in [2.45, 2.75) is 17.4 Å². The smallest absolute Gasteiger partial charge is 0.344 e. The lowest BCUT2D eigenvalue weighted by Crippen LogP contribution is -2.48. The second-order valence-corrected chi connectivity index (χ2v) is 7.11. The van der Waals surface area contributed by atoms with Crippen molar-refractivity contribution in [1.29, 1.82) is 0 Å². The van der Waals surface area contributed by atoms with Crippen molar-refractivity contribution in [3.8, 4) is 5.75 Å². The largest absolute Gasteiger partial charge is 0.497 e. The molecule has 140 valence electrons. The van der Waals surface area contributed by atoms with E-state index in [1.165, 1.54) is 18.9 Å². The van der Waals surface area contributed by atoms with Gasteiger partial charge in [-0.15, -0.1) is 11.8 Å². The number of methoxy groups -OCH3 is 1. The summed E-state index contributed by atoms with van der Waals surface area (Å²) in [6.07, 6.45) is 0. The number of carbonyl (C=O) groups is 3. The number of nitrogens with one attached hydrogen (secondary N) is 2. The summed E-state index contributed by atoms with van der Waals surface area (Å²) >= 11 is 1.32. The van der Waals surface area contributed by atoms with Crippen LogP contribution in [0.2, 0.25) is 0 Å². The molecule has 0 radical (unpaired) electrons. The topological polar surface area (TPSA) is 87.7 Å². The van der Waals surface area contributed by atoms with Gasteiger partial charge in [-0.1, -0.05) is 30.3 Å². The summed E-state index contributed by atoms with van der Waals surface area (Å²) in [6.45, 7) is 1.59. The molecule has 0 bridgehead atoms. The molecule has 1 saturated heterocycles. The van der Waals surface area contributed by atoms with Crippen molar-refractivity contribution in [3.05, 3.63) is 60.2 Å². The van der Waals surface area contributed by atoms with Crippen molar-refractivity contribution in [3.63, 3.8) is 0 Å². The van der Waals surface area contributed by atoms with Crippen molar-refractivity contribution >= 4 is 29.6 Å². The Kier molecular flexibility index (Phi) is 5.36. The van der Waals surface area contributed by atoms with Gasteiger partial charge in [-0.2, -0.15) is 5.01 Å². The molecule has 0 unspecified atom stereocenters. The van der Waals surface area contributed by atoms with E-state index in [0.717, 1.165) is 9.90 Å². The number of hydrogen-bond acceptors (Lipinski definition) is 5. The van der Waals surface area contributed by atoms with Crippen LogP contribution in [0, 0.1) is 0 Å². The number of hydrogen-bond donors (Lipinski definition) is 2. The van der Waals surface area contributed by atoms with E-state index < -0.39 is 23.4 Å². The summed E-state index contributed by atoms with van der Waals surface area (Å²) in [5.74, 6) is -0.352. The number of ether oxygens (including phenoxy) is 1. The van der Waals surface area contributed by atoms with Gasteiger partial charge in [0.25, 0.3) is 5.91 Å². The van der Waals surface area contributed by atoms with Gasteiger partial charge in [0.1, 0.15) is 11.3 Å². The molecule has 2 N–H and O–H groups in total. The third-order valence-corrected chi connectivity index (χ3v) is 5.20. The molecule has 8 heteroatoms. The number of imide groups is 1. The molecule has 27 heavy (non-hydrogen) atoms. The number of carbonyl (C=O) groups excluding carboxylic acids is 3. The van der Waals surface area contributed by atoms with Gasteiger partial charge in [0, 0.05) is 4.90 Å². The Hall–Kier alpha value is -3.00. The minimum atomic E-state index is -1.29. The van der Waals surface area contributed by atoms with Crippen LogP contribution in [0.25, 0.3) is 0 Å². The number of urea groups is 1. The number of benzene rings is 2. The molecule has 2 aromatic rings. The minimum Gasteiger partial charge on any atom is -0.497 e. The zero-order valence-electron chi connectivity index (χ0n) is 14.9. The van der Waals surface area contributed by atoms with Crippen LogP contribution < -0.4 is 15.5 Å². The molecule has 1 aliphatic heterocycles. The van der Waals surface area contributed by atoms with Crippen LogP contribution in [0.1, 0.15) is 12.5 Å². The first-order chi connectivity index (χ1) is 12.9. The second-order valence-electron chi connectivity index (χ2n) is 6.06. The molecular weight excluding hydrogens is 366 g/mol. The van der Waals surface area contributed by atoms with E-state index in [1.54, 1.807) is 31.2 Å². The van der Waals surface area contributed by atoms with Gasteiger partial charge >= 0.3 is 6.03 Å². The molecule has 0 saturated carbocycles. The molecule has 4 amide bonds. The van der Waals surface area contributed by atoms with Gasteiger partial charge < -0.3 is 10.1 Å². The fourth-order valence-electron chi connectivity index (χ4n) is 2.69. The fraction of sp³-hybridized carbons (Fsp3) is 0.211. The number of nitrogens with zero attached hydrogens (tertiary/aromatic N) is 1. The number of hydrazine groups is 1. The van der Waals surface area contributed by atoms with Gasteiger partial charge in [0.2, 0.25) is 5.91 Å². The Morgan fingerprint density at radius 1 is 1.19 bits per heavy atom. The molecule has 1 fully saturated rings. The summed E-state index contributed by atoms with van der Waals surface area (Å²) in [7, 11) is 1.52. The molecule has 0 aliphatic carbocycles. The molecule has 1 atom stereocenters. The average molecular weight is 385 g/mol. The minimum absolute atomic E-state index is 0.0803. The maximum Gasteiger partial charge on any atom is 0.344 e. The van der Waals surface area contributed by atoms with Crippen LogP contribution in [-0.2, 0) is 15.1 Å². The maximum absolute atomic E-state index is 12.8. The van der Waals surface area contributed by atoms with Crippen molar-refractivity contribution in [2.75, 3.05) is 12.9 Å². The Morgan fingerprint density at radius 3 is 2.63 bits per heavy atom. The first-order valence-corrected chi connectivity index (χ1v) is 9.21. The van der Waals surface area contributed by atoms with Gasteiger partial charge in [-0.3, -0.25) is 15.0 Å². The molecule has 2 aromatic carbocycles. The lowest BCUT2D eigenvalue weighted by atomic mass is 9.92. The van der Waals surface area contributed by atoms with Crippen molar-refractivity contribution in [2.24, 2.45) is 0 Å². The number of thioether (sulfide) groups is 1.